The number of amides is 1. The highest BCUT2D eigenvalue weighted by Crippen LogP contribution is 2.22. The molecule has 1 aliphatic rings. The number of carbonyl (C=O) groups is 1. The number of carbonyl (C=O) groups excluding carboxylic acids is 1. The van der Waals surface area contributed by atoms with Crippen LogP contribution in [0.25, 0.3) is 0 Å². The Balaban J connectivity index is 2.42. The fourth-order valence-electron chi connectivity index (χ4n) is 2.53. The smallest absolute Gasteiger partial charge is 0.254 e. The highest BCUT2D eigenvalue weighted by Gasteiger charge is 2.25. The Morgan fingerprint density at radius 3 is 2.64 bits per heavy atom. The quantitative estimate of drug-likeness (QED) is 0.901. The Morgan fingerprint density at radius 2 is 2.05 bits per heavy atom. The summed E-state index contributed by atoms with van der Waals surface area (Å²) in [6, 6.07) is 3.20. The number of hydrogen-bond donors (Lipinski definition) is 1. The molecule has 1 fully saturated rings. The van der Waals surface area contributed by atoms with E-state index in [1.54, 1.807) is 17.9 Å². The van der Waals surface area contributed by atoms with Crippen molar-refractivity contribution < 1.29 is 17.9 Å². The second kappa shape index (κ2) is 6.36. The van der Waals surface area contributed by atoms with Gasteiger partial charge >= 0.3 is 0 Å². The normalized spacial score (nSPS) is 19.3. The molecule has 0 aromatic heterocycles. The van der Waals surface area contributed by atoms with Gasteiger partial charge in [0.25, 0.3) is 5.91 Å². The maximum Gasteiger partial charge on any atom is 0.254 e. The van der Waals surface area contributed by atoms with Crippen LogP contribution in [0.4, 0.5) is 0 Å². The number of hydrogen-bond acceptors (Lipinski definition) is 4. The van der Waals surface area contributed by atoms with Crippen LogP contribution in [0.1, 0.15) is 28.4 Å². The number of sulfonamides is 1. The van der Waals surface area contributed by atoms with E-state index in [9.17, 15) is 13.2 Å². The zero-order valence-corrected chi connectivity index (χ0v) is 14.2. The first-order chi connectivity index (χ1) is 10.3. The molecule has 122 valence electrons. The molecule has 1 N–H and O–H groups in total. The van der Waals surface area contributed by atoms with Crippen molar-refractivity contribution in [3.05, 3.63) is 28.8 Å². The average Bonchev–Trinajstić information content (AvgIpc) is 2.49. The lowest BCUT2D eigenvalue weighted by Crippen LogP contribution is -2.44. The van der Waals surface area contributed by atoms with Gasteiger partial charge in [0.2, 0.25) is 10.0 Å². The summed E-state index contributed by atoms with van der Waals surface area (Å²) in [6.07, 6.45) is -0.00948. The third-order valence-electron chi connectivity index (χ3n) is 3.95. The highest BCUT2D eigenvalue weighted by atomic mass is 32.2. The van der Waals surface area contributed by atoms with Gasteiger partial charge in [0.1, 0.15) is 0 Å². The van der Waals surface area contributed by atoms with E-state index in [0.29, 0.717) is 30.8 Å². The predicted octanol–water partition coefficient (Wildman–Crippen LogP) is 1.07. The summed E-state index contributed by atoms with van der Waals surface area (Å²) >= 11 is 0. The van der Waals surface area contributed by atoms with Crippen LogP contribution in [0.5, 0.6) is 0 Å². The standard InChI is InChI=1S/C15H22N2O4S/c1-10-7-13(8-14(12(10)3)22(19,20)16-4)15(18)17-5-6-21-11(2)9-17/h7-8,11,16H,5-6,9H2,1-4H3. The Morgan fingerprint density at radius 1 is 1.36 bits per heavy atom. The lowest BCUT2D eigenvalue weighted by Gasteiger charge is -2.31. The van der Waals surface area contributed by atoms with Gasteiger partial charge in [-0.3, -0.25) is 4.79 Å². The molecule has 1 atom stereocenters. The van der Waals surface area contributed by atoms with Gasteiger partial charge in [0.15, 0.2) is 0 Å². The number of benzene rings is 1. The van der Waals surface area contributed by atoms with Gasteiger partial charge in [0, 0.05) is 18.7 Å². The lowest BCUT2D eigenvalue weighted by atomic mass is 10.0. The van der Waals surface area contributed by atoms with Gasteiger partial charge in [-0.2, -0.15) is 0 Å². The number of ether oxygens (including phenoxy) is 1. The maximum absolute atomic E-state index is 12.6. The van der Waals surface area contributed by atoms with Crippen LogP contribution in [0.3, 0.4) is 0 Å². The third-order valence-corrected chi connectivity index (χ3v) is 5.49. The largest absolute Gasteiger partial charge is 0.375 e. The highest BCUT2D eigenvalue weighted by molar-refractivity contribution is 7.89. The molecule has 1 amide bonds. The molecule has 22 heavy (non-hydrogen) atoms. The molecule has 7 heteroatoms. The van der Waals surface area contributed by atoms with E-state index in [4.69, 9.17) is 4.74 Å². The molecule has 0 spiro atoms. The minimum absolute atomic E-state index is 0.00948. The van der Waals surface area contributed by atoms with E-state index >= 15 is 0 Å². The number of aryl methyl sites for hydroxylation is 1. The molecular formula is C15H22N2O4S. The second-order valence-electron chi connectivity index (χ2n) is 5.56. The second-order valence-corrected chi connectivity index (χ2v) is 7.41. The number of morpholine rings is 1. The van der Waals surface area contributed by atoms with Crippen molar-refractivity contribution in [1.82, 2.24) is 9.62 Å². The van der Waals surface area contributed by atoms with Crippen LogP contribution in [0.15, 0.2) is 17.0 Å². The van der Waals surface area contributed by atoms with Crippen molar-refractivity contribution in [2.24, 2.45) is 0 Å². The fourth-order valence-corrected chi connectivity index (χ4v) is 3.59. The van der Waals surface area contributed by atoms with E-state index in [-0.39, 0.29) is 16.9 Å². The minimum Gasteiger partial charge on any atom is -0.375 e. The third kappa shape index (κ3) is 3.31. The van der Waals surface area contributed by atoms with Crippen molar-refractivity contribution in [2.45, 2.75) is 31.8 Å². The van der Waals surface area contributed by atoms with Gasteiger partial charge in [-0.1, -0.05) is 0 Å². The summed E-state index contributed by atoms with van der Waals surface area (Å²) in [5, 5.41) is 0. The van der Waals surface area contributed by atoms with E-state index in [1.807, 2.05) is 13.8 Å². The van der Waals surface area contributed by atoms with E-state index in [1.165, 1.54) is 13.1 Å². The van der Waals surface area contributed by atoms with E-state index in [0.717, 1.165) is 5.56 Å². The molecule has 2 rings (SSSR count). The summed E-state index contributed by atoms with van der Waals surface area (Å²) in [5.41, 5.74) is 1.83. The summed E-state index contributed by atoms with van der Waals surface area (Å²) in [7, 11) is -2.23. The summed E-state index contributed by atoms with van der Waals surface area (Å²) in [6.45, 7) is 6.99. The molecule has 1 unspecified atom stereocenters. The Kier molecular flexibility index (Phi) is 4.89. The van der Waals surface area contributed by atoms with Crippen LogP contribution < -0.4 is 4.72 Å². The van der Waals surface area contributed by atoms with Crippen LogP contribution in [0.2, 0.25) is 0 Å². The Hall–Kier alpha value is -1.44. The summed E-state index contributed by atoms with van der Waals surface area (Å²) in [4.78, 5) is 14.5. The number of nitrogens with zero attached hydrogens (tertiary/aromatic N) is 1. The van der Waals surface area contributed by atoms with Gasteiger partial charge in [-0.15, -0.1) is 0 Å². The maximum atomic E-state index is 12.6. The first kappa shape index (κ1) is 16.9. The Bertz CT molecular complexity index is 685. The molecular weight excluding hydrogens is 304 g/mol. The molecule has 1 aliphatic heterocycles. The number of nitrogens with one attached hydrogen (secondary N) is 1. The topological polar surface area (TPSA) is 75.7 Å². The molecule has 6 nitrogen and oxygen atoms in total. The first-order valence-electron chi connectivity index (χ1n) is 7.22. The molecule has 0 radical (unpaired) electrons. The lowest BCUT2D eigenvalue weighted by molar-refractivity contribution is -0.0124. The molecule has 1 heterocycles. The van der Waals surface area contributed by atoms with Crippen molar-refractivity contribution in [2.75, 3.05) is 26.7 Å². The molecule has 1 aromatic rings. The van der Waals surface area contributed by atoms with Gasteiger partial charge < -0.3 is 9.64 Å². The monoisotopic (exact) mass is 326 g/mol. The predicted molar refractivity (Wildman–Crippen MR) is 83.5 cm³/mol. The van der Waals surface area contributed by atoms with Crippen LogP contribution in [-0.4, -0.2) is 52.1 Å². The van der Waals surface area contributed by atoms with E-state index < -0.39 is 10.0 Å². The van der Waals surface area contributed by atoms with Crippen molar-refractivity contribution >= 4 is 15.9 Å². The molecule has 0 bridgehead atoms. The van der Waals surface area contributed by atoms with Crippen LogP contribution >= 0.6 is 0 Å². The SMILES string of the molecule is CNS(=O)(=O)c1cc(C(=O)N2CCOC(C)C2)cc(C)c1C. The number of rotatable bonds is 3. The van der Waals surface area contributed by atoms with Gasteiger partial charge in [0.05, 0.1) is 17.6 Å². The van der Waals surface area contributed by atoms with Gasteiger partial charge in [-0.05, 0) is 51.1 Å². The van der Waals surface area contributed by atoms with Crippen LogP contribution in [0, 0.1) is 13.8 Å². The summed E-state index contributed by atoms with van der Waals surface area (Å²) < 4.78 is 32.0. The van der Waals surface area contributed by atoms with Crippen LogP contribution in [-0.2, 0) is 14.8 Å². The average molecular weight is 326 g/mol. The summed E-state index contributed by atoms with van der Waals surface area (Å²) in [5.74, 6) is -0.161. The van der Waals surface area contributed by atoms with Crippen molar-refractivity contribution in [3.63, 3.8) is 0 Å². The molecule has 1 saturated heterocycles. The zero-order chi connectivity index (χ0) is 16.5. The fraction of sp³-hybridized carbons (Fsp3) is 0.533. The first-order valence-corrected chi connectivity index (χ1v) is 8.70. The molecule has 1 aromatic carbocycles. The Labute approximate surface area is 131 Å². The van der Waals surface area contributed by atoms with E-state index in [2.05, 4.69) is 4.72 Å². The zero-order valence-electron chi connectivity index (χ0n) is 13.3. The molecule has 0 aliphatic carbocycles. The van der Waals surface area contributed by atoms with Crippen molar-refractivity contribution in [1.29, 1.82) is 0 Å². The van der Waals surface area contributed by atoms with Crippen molar-refractivity contribution in [3.8, 4) is 0 Å². The van der Waals surface area contributed by atoms with Gasteiger partial charge in [-0.25, -0.2) is 13.1 Å². The molecule has 0 saturated carbocycles. The minimum atomic E-state index is -3.59.